The fourth-order valence-corrected chi connectivity index (χ4v) is 0.417. The molecule has 2 nitrogen and oxygen atoms in total. The van der Waals surface area contributed by atoms with Crippen molar-refractivity contribution in [3.05, 3.63) is 30.8 Å². The van der Waals surface area contributed by atoms with E-state index >= 15 is 0 Å². The Labute approximate surface area is 47.8 Å². The maximum Gasteiger partial charge on any atom is 0.210 e. The standard InChI is InChI=1S/C6H6NO/c1-5-2-3-6(8)7-4-5/h2-4H,1H2,(H,7,8). The molecule has 0 fully saturated rings. The van der Waals surface area contributed by atoms with Crippen molar-refractivity contribution in [3.8, 4) is 5.88 Å². The van der Waals surface area contributed by atoms with Crippen LogP contribution in [0.3, 0.4) is 0 Å². The van der Waals surface area contributed by atoms with Gasteiger partial charge in [0.15, 0.2) is 0 Å². The number of nitrogens with zero attached hydrogens (tertiary/aromatic N) is 1. The lowest BCUT2D eigenvalue weighted by atomic mass is 10.3. The summed E-state index contributed by atoms with van der Waals surface area (Å²) in [5.74, 6) is 0.0393. The number of rotatable bonds is 0. The monoisotopic (exact) mass is 108 g/mol. The highest BCUT2D eigenvalue weighted by Gasteiger charge is 1.83. The van der Waals surface area contributed by atoms with Gasteiger partial charge in [-0.1, -0.05) is 6.07 Å². The van der Waals surface area contributed by atoms with Gasteiger partial charge >= 0.3 is 0 Å². The molecule has 0 spiro atoms. The van der Waals surface area contributed by atoms with Crippen molar-refractivity contribution in [2.45, 2.75) is 0 Å². The molecule has 1 heterocycles. The van der Waals surface area contributed by atoms with Gasteiger partial charge < -0.3 is 5.11 Å². The van der Waals surface area contributed by atoms with Crippen LogP contribution in [0.1, 0.15) is 5.56 Å². The summed E-state index contributed by atoms with van der Waals surface area (Å²) in [6.45, 7) is 3.59. The summed E-state index contributed by atoms with van der Waals surface area (Å²) >= 11 is 0. The minimum Gasteiger partial charge on any atom is -0.493 e. The Balaban J connectivity index is 3.03. The predicted octanol–water partition coefficient (Wildman–Crippen LogP) is 0.969. The highest BCUT2D eigenvalue weighted by molar-refractivity contribution is 5.18. The molecule has 0 aliphatic rings. The third-order valence-corrected chi connectivity index (χ3v) is 0.809. The Morgan fingerprint density at radius 2 is 2.25 bits per heavy atom. The van der Waals surface area contributed by atoms with Crippen molar-refractivity contribution in [3.63, 3.8) is 0 Å². The van der Waals surface area contributed by atoms with Crippen molar-refractivity contribution >= 4 is 0 Å². The number of pyridine rings is 1. The van der Waals surface area contributed by atoms with Gasteiger partial charge in [0, 0.05) is 12.3 Å². The maximum atomic E-state index is 8.62. The molecular formula is C6H6NO. The Morgan fingerprint density at radius 3 is 2.62 bits per heavy atom. The van der Waals surface area contributed by atoms with Crippen molar-refractivity contribution in [2.75, 3.05) is 0 Å². The smallest absolute Gasteiger partial charge is 0.210 e. The van der Waals surface area contributed by atoms with Crippen LogP contribution in [0, 0.1) is 6.92 Å². The lowest BCUT2D eigenvalue weighted by Crippen LogP contribution is -1.73. The van der Waals surface area contributed by atoms with E-state index < -0.39 is 0 Å². The lowest BCUT2D eigenvalue weighted by Gasteiger charge is -1.88. The first-order valence-electron chi connectivity index (χ1n) is 2.26. The molecule has 1 rings (SSSR count). The first-order chi connectivity index (χ1) is 3.79. The van der Waals surface area contributed by atoms with Crippen LogP contribution in [0.4, 0.5) is 0 Å². The molecular weight excluding hydrogens is 102 g/mol. The highest BCUT2D eigenvalue weighted by Crippen LogP contribution is 2.01. The Hall–Kier alpha value is -1.05. The molecule has 41 valence electrons. The summed E-state index contributed by atoms with van der Waals surface area (Å²) in [4.78, 5) is 3.57. The molecule has 0 atom stereocenters. The van der Waals surface area contributed by atoms with Crippen LogP contribution in [0.25, 0.3) is 0 Å². The van der Waals surface area contributed by atoms with Gasteiger partial charge in [0.2, 0.25) is 5.88 Å². The SMILES string of the molecule is [CH2]c1ccc(O)nc1. The fourth-order valence-electron chi connectivity index (χ4n) is 0.417. The molecule has 8 heavy (non-hydrogen) atoms. The van der Waals surface area contributed by atoms with E-state index in [4.69, 9.17) is 5.11 Å². The lowest BCUT2D eigenvalue weighted by molar-refractivity contribution is 0.453. The second-order valence-corrected chi connectivity index (χ2v) is 1.52. The maximum absolute atomic E-state index is 8.62. The van der Waals surface area contributed by atoms with E-state index in [1.807, 2.05) is 0 Å². The summed E-state index contributed by atoms with van der Waals surface area (Å²) in [5.41, 5.74) is 0.808. The molecule has 0 aliphatic heterocycles. The summed E-state index contributed by atoms with van der Waals surface area (Å²) in [7, 11) is 0. The molecule has 0 saturated carbocycles. The third-order valence-electron chi connectivity index (χ3n) is 0.809. The van der Waals surface area contributed by atoms with Crippen molar-refractivity contribution in [1.82, 2.24) is 4.98 Å². The second kappa shape index (κ2) is 1.82. The molecule has 1 radical (unpaired) electrons. The second-order valence-electron chi connectivity index (χ2n) is 1.52. The van der Waals surface area contributed by atoms with Gasteiger partial charge in [-0.2, -0.15) is 0 Å². The van der Waals surface area contributed by atoms with Crippen LogP contribution in [-0.4, -0.2) is 10.1 Å². The summed E-state index contributed by atoms with van der Waals surface area (Å²) in [5, 5.41) is 8.62. The summed E-state index contributed by atoms with van der Waals surface area (Å²) < 4.78 is 0. The largest absolute Gasteiger partial charge is 0.493 e. The molecule has 1 N–H and O–H groups in total. The number of aromatic hydroxyl groups is 1. The first-order valence-corrected chi connectivity index (χ1v) is 2.26. The van der Waals surface area contributed by atoms with Crippen molar-refractivity contribution in [1.29, 1.82) is 0 Å². The minimum atomic E-state index is 0.0393. The molecule has 0 amide bonds. The third kappa shape index (κ3) is 0.964. The van der Waals surface area contributed by atoms with E-state index in [1.165, 1.54) is 12.3 Å². The van der Waals surface area contributed by atoms with Gasteiger partial charge in [-0.15, -0.1) is 0 Å². The highest BCUT2D eigenvalue weighted by atomic mass is 16.3. The molecule has 0 unspecified atom stereocenters. The van der Waals surface area contributed by atoms with E-state index in [1.54, 1.807) is 6.07 Å². The molecule has 0 aromatic carbocycles. The van der Waals surface area contributed by atoms with Gasteiger partial charge in [0.25, 0.3) is 0 Å². The molecule has 0 aliphatic carbocycles. The Morgan fingerprint density at radius 1 is 1.50 bits per heavy atom. The van der Waals surface area contributed by atoms with E-state index in [0.717, 1.165) is 5.56 Å². The van der Waals surface area contributed by atoms with Crippen LogP contribution >= 0.6 is 0 Å². The van der Waals surface area contributed by atoms with Gasteiger partial charge in [-0.05, 0) is 12.5 Å². The van der Waals surface area contributed by atoms with E-state index in [2.05, 4.69) is 11.9 Å². The summed E-state index contributed by atoms with van der Waals surface area (Å²) in [6.07, 6.45) is 1.51. The topological polar surface area (TPSA) is 33.1 Å². The van der Waals surface area contributed by atoms with E-state index in [-0.39, 0.29) is 5.88 Å². The molecule has 2 heteroatoms. The van der Waals surface area contributed by atoms with Gasteiger partial charge in [0.1, 0.15) is 0 Å². The molecule has 0 bridgehead atoms. The first kappa shape index (κ1) is 5.09. The van der Waals surface area contributed by atoms with Crippen LogP contribution in [0.15, 0.2) is 18.3 Å². The van der Waals surface area contributed by atoms with Crippen molar-refractivity contribution < 1.29 is 5.11 Å². The fraction of sp³-hybridized carbons (Fsp3) is 0. The Bertz CT molecular complexity index is 147. The number of hydrogen-bond acceptors (Lipinski definition) is 2. The molecule has 1 aromatic rings. The van der Waals surface area contributed by atoms with Crippen LogP contribution < -0.4 is 0 Å². The van der Waals surface area contributed by atoms with E-state index in [9.17, 15) is 0 Å². The zero-order valence-electron chi connectivity index (χ0n) is 4.33. The quantitative estimate of drug-likeness (QED) is 0.537. The van der Waals surface area contributed by atoms with Gasteiger partial charge in [0.05, 0.1) is 0 Å². The zero-order chi connectivity index (χ0) is 5.98. The van der Waals surface area contributed by atoms with Gasteiger partial charge in [-0.3, -0.25) is 0 Å². The number of aromatic nitrogens is 1. The number of hydrogen-bond donors (Lipinski definition) is 1. The molecule has 1 aromatic heterocycles. The molecule has 0 saturated heterocycles. The van der Waals surface area contributed by atoms with Crippen LogP contribution in [-0.2, 0) is 0 Å². The van der Waals surface area contributed by atoms with Crippen molar-refractivity contribution in [2.24, 2.45) is 0 Å². The minimum absolute atomic E-state index is 0.0393. The van der Waals surface area contributed by atoms with Crippen LogP contribution in [0.2, 0.25) is 0 Å². The van der Waals surface area contributed by atoms with Gasteiger partial charge in [-0.25, -0.2) is 4.98 Å². The Kier molecular flexibility index (Phi) is 1.16. The average Bonchev–Trinajstić information content (AvgIpc) is 1.77. The summed E-state index contributed by atoms with van der Waals surface area (Å²) in [6, 6.07) is 3.20. The predicted molar refractivity (Wildman–Crippen MR) is 30.4 cm³/mol. The van der Waals surface area contributed by atoms with E-state index in [0.29, 0.717) is 0 Å². The van der Waals surface area contributed by atoms with Crippen LogP contribution in [0.5, 0.6) is 5.88 Å². The average molecular weight is 108 g/mol. The normalized spacial score (nSPS) is 9.12. The zero-order valence-corrected chi connectivity index (χ0v) is 4.33.